The highest BCUT2D eigenvalue weighted by Gasteiger charge is 2.50. The number of hydrogen-bond acceptors (Lipinski definition) is 9. The molecule has 0 aromatic carbocycles. The summed E-state index contributed by atoms with van der Waals surface area (Å²) in [5, 5.41) is 10.3. The number of esters is 2. The Morgan fingerprint density at radius 1 is 1.17 bits per heavy atom. The lowest BCUT2D eigenvalue weighted by Gasteiger charge is -2.42. The molecule has 1 fully saturated rings. The Morgan fingerprint density at radius 3 is 2.04 bits per heavy atom. The first-order valence-electron chi connectivity index (χ1n) is 7.07. The van der Waals surface area contributed by atoms with E-state index in [-0.39, 0.29) is 5.88 Å². The molecule has 1 aliphatic rings. The van der Waals surface area contributed by atoms with Crippen LogP contribution in [-0.2, 0) is 28.5 Å². The lowest BCUT2D eigenvalue weighted by atomic mass is 9.99. The van der Waals surface area contributed by atoms with Crippen molar-refractivity contribution in [2.75, 3.05) is 13.0 Å². The van der Waals surface area contributed by atoms with Crippen molar-refractivity contribution in [3.8, 4) is 0 Å². The van der Waals surface area contributed by atoms with Crippen LogP contribution in [0.5, 0.6) is 0 Å². The van der Waals surface area contributed by atoms with E-state index in [1.165, 1.54) is 21.0 Å². The van der Waals surface area contributed by atoms with E-state index in [9.17, 15) is 14.7 Å². The van der Waals surface area contributed by atoms with Gasteiger partial charge in [0.25, 0.3) is 0 Å². The third-order valence-corrected chi connectivity index (χ3v) is 3.56. The third kappa shape index (κ3) is 5.00. The molecule has 0 amide bonds. The first kappa shape index (κ1) is 20.1. The maximum Gasteiger partial charge on any atom is 0.323 e. The first-order valence-corrected chi connectivity index (χ1v) is 7.60. The summed E-state index contributed by atoms with van der Waals surface area (Å²) >= 11 is 5.73. The van der Waals surface area contributed by atoms with Gasteiger partial charge in [-0.1, -0.05) is 0 Å². The minimum atomic E-state index is -1.33. The zero-order valence-corrected chi connectivity index (χ0v) is 13.9. The number of alkyl halides is 1. The van der Waals surface area contributed by atoms with Crippen molar-refractivity contribution < 1.29 is 33.6 Å². The van der Waals surface area contributed by atoms with Crippen LogP contribution in [0.25, 0.3) is 0 Å². The van der Waals surface area contributed by atoms with Crippen LogP contribution in [0, 0.1) is 0 Å². The molecule has 0 bridgehead atoms. The fourth-order valence-electron chi connectivity index (χ4n) is 1.95. The highest BCUT2D eigenvalue weighted by Crippen LogP contribution is 2.27. The number of aliphatic hydroxyl groups is 1. The van der Waals surface area contributed by atoms with Crippen LogP contribution < -0.4 is 11.5 Å². The van der Waals surface area contributed by atoms with Gasteiger partial charge < -0.3 is 35.5 Å². The number of nitrogens with two attached hydrogens (primary N) is 2. The highest BCUT2D eigenvalue weighted by molar-refractivity contribution is 6.18. The molecule has 1 heterocycles. The summed E-state index contributed by atoms with van der Waals surface area (Å²) in [5.74, 6) is -1.62. The van der Waals surface area contributed by atoms with E-state index in [0.717, 1.165) is 0 Å². The number of rotatable bonds is 6. The summed E-state index contributed by atoms with van der Waals surface area (Å²) in [6.07, 6.45) is -5.75. The molecule has 134 valence electrons. The van der Waals surface area contributed by atoms with Crippen molar-refractivity contribution in [1.82, 2.24) is 0 Å². The second-order valence-electron chi connectivity index (χ2n) is 5.30. The molecule has 0 saturated carbocycles. The Labute approximate surface area is 139 Å². The van der Waals surface area contributed by atoms with Crippen LogP contribution in [0.2, 0.25) is 0 Å². The largest absolute Gasteiger partial charge is 0.454 e. The highest BCUT2D eigenvalue weighted by atomic mass is 35.5. The van der Waals surface area contributed by atoms with Gasteiger partial charge in [0, 0.05) is 7.11 Å². The standard InChI is InChI=1S/C13H23ClN2O7/c1-5(15)11(18)22-9-8(17)7(4-14)21-13(20-3)10(9)23-12(19)6(2)16/h5-10,13,17H,4,15-16H2,1-3H3/t5-,6-,7+,8+,9-,10+,13-/m0/s1. The molecule has 10 heteroatoms. The molecule has 0 aliphatic carbocycles. The molecule has 1 aliphatic heterocycles. The van der Waals surface area contributed by atoms with Gasteiger partial charge in [0.15, 0.2) is 18.5 Å². The molecule has 7 atom stereocenters. The number of carbonyl (C=O) groups is 2. The predicted octanol–water partition coefficient (Wildman–Crippen LogP) is -1.52. The van der Waals surface area contributed by atoms with Gasteiger partial charge in [0.1, 0.15) is 24.3 Å². The van der Waals surface area contributed by atoms with Gasteiger partial charge in [-0.2, -0.15) is 0 Å². The van der Waals surface area contributed by atoms with Gasteiger partial charge in [-0.25, -0.2) is 0 Å². The van der Waals surface area contributed by atoms with E-state index in [4.69, 9.17) is 42.0 Å². The smallest absolute Gasteiger partial charge is 0.323 e. The summed E-state index contributed by atoms with van der Waals surface area (Å²) in [4.78, 5) is 23.5. The zero-order chi connectivity index (χ0) is 17.7. The maximum absolute atomic E-state index is 11.8. The van der Waals surface area contributed by atoms with Crippen LogP contribution >= 0.6 is 11.6 Å². The first-order chi connectivity index (χ1) is 10.7. The molecule has 0 aromatic heterocycles. The van der Waals surface area contributed by atoms with E-state index in [1.807, 2.05) is 0 Å². The summed E-state index contributed by atoms with van der Waals surface area (Å²) in [7, 11) is 1.31. The van der Waals surface area contributed by atoms with Crippen LogP contribution in [0.1, 0.15) is 13.8 Å². The van der Waals surface area contributed by atoms with Gasteiger partial charge in [-0.3, -0.25) is 9.59 Å². The topological polar surface area (TPSA) is 143 Å². The molecule has 0 radical (unpaired) electrons. The average Bonchev–Trinajstić information content (AvgIpc) is 2.50. The molecular weight excluding hydrogens is 332 g/mol. The van der Waals surface area contributed by atoms with E-state index in [2.05, 4.69) is 0 Å². The Balaban J connectivity index is 3.04. The predicted molar refractivity (Wildman–Crippen MR) is 79.5 cm³/mol. The Bertz CT molecular complexity index is 421. The van der Waals surface area contributed by atoms with Gasteiger partial charge >= 0.3 is 11.9 Å². The summed E-state index contributed by atoms with van der Waals surface area (Å²) in [5.41, 5.74) is 10.9. The molecule has 1 rings (SSSR count). The zero-order valence-electron chi connectivity index (χ0n) is 13.2. The fraction of sp³-hybridized carbons (Fsp3) is 0.846. The molecule has 23 heavy (non-hydrogen) atoms. The molecule has 0 spiro atoms. The number of halogens is 1. The molecule has 0 unspecified atom stereocenters. The second kappa shape index (κ2) is 8.76. The molecule has 9 nitrogen and oxygen atoms in total. The van der Waals surface area contributed by atoms with Crippen LogP contribution in [0.3, 0.4) is 0 Å². The maximum atomic E-state index is 11.8. The van der Waals surface area contributed by atoms with E-state index < -0.39 is 54.7 Å². The molecule has 5 N–H and O–H groups in total. The monoisotopic (exact) mass is 354 g/mol. The van der Waals surface area contributed by atoms with E-state index >= 15 is 0 Å². The fourth-order valence-corrected chi connectivity index (χ4v) is 2.21. The SMILES string of the molecule is CO[C@H]1O[C@H](CCl)[C@@H](O)[C@H](OC(=O)[C@H](C)N)[C@H]1OC(=O)[C@H](C)N. The number of hydrogen-bond donors (Lipinski definition) is 3. The Hall–Kier alpha value is -0.970. The molecule has 1 saturated heterocycles. The van der Waals surface area contributed by atoms with Gasteiger partial charge in [-0.15, -0.1) is 11.6 Å². The summed E-state index contributed by atoms with van der Waals surface area (Å²) < 4.78 is 20.9. The lowest BCUT2D eigenvalue weighted by Crippen LogP contribution is -2.62. The van der Waals surface area contributed by atoms with Crippen molar-refractivity contribution in [2.45, 2.75) is 56.6 Å². The third-order valence-electron chi connectivity index (χ3n) is 3.25. The van der Waals surface area contributed by atoms with Crippen LogP contribution in [-0.4, -0.2) is 72.8 Å². The van der Waals surface area contributed by atoms with Crippen molar-refractivity contribution >= 4 is 23.5 Å². The second-order valence-corrected chi connectivity index (χ2v) is 5.61. The van der Waals surface area contributed by atoms with Crippen molar-refractivity contribution in [1.29, 1.82) is 0 Å². The lowest BCUT2D eigenvalue weighted by molar-refractivity contribution is -0.292. The summed E-state index contributed by atoms with van der Waals surface area (Å²) in [6, 6.07) is -1.84. The minimum absolute atomic E-state index is 0.0821. The minimum Gasteiger partial charge on any atom is -0.454 e. The van der Waals surface area contributed by atoms with Crippen molar-refractivity contribution in [3.63, 3.8) is 0 Å². The van der Waals surface area contributed by atoms with E-state index in [0.29, 0.717) is 0 Å². The quantitative estimate of drug-likeness (QED) is 0.382. The number of methoxy groups -OCH3 is 1. The van der Waals surface area contributed by atoms with Gasteiger partial charge in [0.2, 0.25) is 0 Å². The number of aliphatic hydroxyl groups excluding tert-OH is 1. The van der Waals surface area contributed by atoms with Crippen molar-refractivity contribution in [2.24, 2.45) is 11.5 Å². The number of ether oxygens (including phenoxy) is 4. The Morgan fingerprint density at radius 2 is 1.65 bits per heavy atom. The van der Waals surface area contributed by atoms with Crippen molar-refractivity contribution in [3.05, 3.63) is 0 Å². The average molecular weight is 355 g/mol. The van der Waals surface area contributed by atoms with Gasteiger partial charge in [0.05, 0.1) is 5.88 Å². The molecule has 0 aromatic rings. The summed E-state index contributed by atoms with van der Waals surface area (Å²) in [6.45, 7) is 2.85. The Kier molecular flexibility index (Phi) is 7.65. The van der Waals surface area contributed by atoms with Gasteiger partial charge in [-0.05, 0) is 13.8 Å². The normalized spacial score (nSPS) is 33.6. The van der Waals surface area contributed by atoms with E-state index in [1.54, 1.807) is 0 Å². The number of carbonyl (C=O) groups excluding carboxylic acids is 2. The molecular formula is C13H23ClN2O7. The van der Waals surface area contributed by atoms with Crippen LogP contribution in [0.4, 0.5) is 0 Å². The van der Waals surface area contributed by atoms with Crippen LogP contribution in [0.15, 0.2) is 0 Å².